The molecule has 0 spiro atoms. The van der Waals surface area contributed by atoms with E-state index in [1.165, 1.54) is 5.92 Å². The summed E-state index contributed by atoms with van der Waals surface area (Å²) >= 11 is 0. The number of halogens is 3. The third-order valence-corrected chi connectivity index (χ3v) is 1.94. The Morgan fingerprint density at radius 2 is 2.14 bits per heavy atom. The standard InChI is InChI=1S/C9H12F3NO/c1-2-14-8-6-13-5-7(8)3-4-9(10,11)12/h7-8,13H,2,5-6H2,1H3/t7-,8-/m1/s1. The van der Waals surface area contributed by atoms with Crippen molar-refractivity contribution in [3.8, 4) is 11.8 Å². The van der Waals surface area contributed by atoms with E-state index in [-0.39, 0.29) is 12.0 Å². The van der Waals surface area contributed by atoms with Crippen molar-refractivity contribution in [2.24, 2.45) is 5.92 Å². The van der Waals surface area contributed by atoms with Crippen molar-refractivity contribution in [1.29, 1.82) is 0 Å². The van der Waals surface area contributed by atoms with Crippen molar-refractivity contribution < 1.29 is 17.9 Å². The van der Waals surface area contributed by atoms with Gasteiger partial charge in [-0.1, -0.05) is 5.92 Å². The second kappa shape index (κ2) is 4.67. The first kappa shape index (κ1) is 11.3. The van der Waals surface area contributed by atoms with Gasteiger partial charge in [0.15, 0.2) is 0 Å². The molecule has 2 atom stereocenters. The molecule has 0 radical (unpaired) electrons. The molecule has 1 heterocycles. The predicted octanol–water partition coefficient (Wildman–Crippen LogP) is 1.18. The van der Waals surface area contributed by atoms with E-state index in [2.05, 4.69) is 11.2 Å². The Balaban J connectivity index is 2.53. The lowest BCUT2D eigenvalue weighted by Gasteiger charge is -2.12. The van der Waals surface area contributed by atoms with Crippen LogP contribution in [0.15, 0.2) is 0 Å². The molecule has 0 amide bonds. The SMILES string of the molecule is CCO[C@@H]1CNC[C@H]1C#CC(F)(F)F. The van der Waals surface area contributed by atoms with Gasteiger partial charge < -0.3 is 10.1 Å². The lowest BCUT2D eigenvalue weighted by molar-refractivity contribution is -0.0699. The van der Waals surface area contributed by atoms with E-state index in [1.807, 2.05) is 6.92 Å². The predicted molar refractivity (Wildman–Crippen MR) is 45.6 cm³/mol. The second-order valence-electron chi connectivity index (χ2n) is 3.03. The molecule has 1 aliphatic heterocycles. The molecule has 80 valence electrons. The van der Waals surface area contributed by atoms with Crippen LogP contribution in [-0.2, 0) is 4.74 Å². The molecule has 1 aliphatic rings. The molecule has 1 saturated heterocycles. The van der Waals surface area contributed by atoms with Crippen LogP contribution in [0.4, 0.5) is 13.2 Å². The molecule has 1 rings (SSSR count). The van der Waals surface area contributed by atoms with Gasteiger partial charge in [0.2, 0.25) is 0 Å². The molecular formula is C9H12F3NO. The first-order chi connectivity index (χ1) is 6.53. The average molecular weight is 207 g/mol. The van der Waals surface area contributed by atoms with Crippen LogP contribution in [0.3, 0.4) is 0 Å². The summed E-state index contributed by atoms with van der Waals surface area (Å²) in [6, 6.07) is 0. The van der Waals surface area contributed by atoms with Crippen molar-refractivity contribution in [3.05, 3.63) is 0 Å². The number of nitrogens with one attached hydrogen (secondary N) is 1. The number of rotatable bonds is 2. The van der Waals surface area contributed by atoms with Gasteiger partial charge in [-0.05, 0) is 6.92 Å². The average Bonchev–Trinajstić information content (AvgIpc) is 2.48. The van der Waals surface area contributed by atoms with Crippen molar-refractivity contribution in [2.75, 3.05) is 19.7 Å². The fraction of sp³-hybridized carbons (Fsp3) is 0.778. The molecule has 5 heteroatoms. The van der Waals surface area contributed by atoms with Crippen LogP contribution in [0, 0.1) is 17.8 Å². The summed E-state index contributed by atoms with van der Waals surface area (Å²) in [4.78, 5) is 0. The van der Waals surface area contributed by atoms with Gasteiger partial charge in [0.25, 0.3) is 0 Å². The van der Waals surface area contributed by atoms with Gasteiger partial charge in [0, 0.05) is 25.6 Å². The molecule has 0 aromatic rings. The molecule has 0 saturated carbocycles. The minimum atomic E-state index is -4.40. The molecule has 14 heavy (non-hydrogen) atoms. The summed E-state index contributed by atoms with van der Waals surface area (Å²) in [5, 5.41) is 2.95. The Bertz CT molecular complexity index is 241. The Morgan fingerprint density at radius 3 is 2.71 bits per heavy atom. The Labute approximate surface area is 80.8 Å². The van der Waals surface area contributed by atoms with Crippen LogP contribution in [0.5, 0.6) is 0 Å². The highest BCUT2D eigenvalue weighted by molar-refractivity contribution is 5.12. The maximum atomic E-state index is 11.8. The van der Waals surface area contributed by atoms with E-state index >= 15 is 0 Å². The summed E-state index contributed by atoms with van der Waals surface area (Å²) in [6.45, 7) is 3.35. The van der Waals surface area contributed by atoms with Crippen molar-refractivity contribution >= 4 is 0 Å². The zero-order chi connectivity index (χ0) is 10.6. The van der Waals surface area contributed by atoms with Crippen molar-refractivity contribution in [2.45, 2.75) is 19.2 Å². The van der Waals surface area contributed by atoms with Gasteiger partial charge in [-0.25, -0.2) is 0 Å². The highest BCUT2D eigenvalue weighted by Crippen LogP contribution is 2.15. The van der Waals surface area contributed by atoms with E-state index in [1.54, 1.807) is 0 Å². The summed E-state index contributed by atoms with van der Waals surface area (Å²) in [7, 11) is 0. The first-order valence-corrected chi connectivity index (χ1v) is 4.44. The minimum Gasteiger partial charge on any atom is -0.376 e. The second-order valence-corrected chi connectivity index (χ2v) is 3.03. The molecule has 0 aromatic heterocycles. The van der Waals surface area contributed by atoms with E-state index < -0.39 is 6.18 Å². The third kappa shape index (κ3) is 3.56. The quantitative estimate of drug-likeness (QED) is 0.686. The van der Waals surface area contributed by atoms with Gasteiger partial charge in [-0.3, -0.25) is 0 Å². The van der Waals surface area contributed by atoms with Crippen LogP contribution in [0.25, 0.3) is 0 Å². The van der Waals surface area contributed by atoms with E-state index in [0.29, 0.717) is 19.7 Å². The number of ether oxygens (including phenoxy) is 1. The molecule has 1 N–H and O–H groups in total. The molecule has 0 bridgehead atoms. The minimum absolute atomic E-state index is 0.213. The third-order valence-electron chi connectivity index (χ3n) is 1.94. The summed E-state index contributed by atoms with van der Waals surface area (Å²) in [6.07, 6.45) is -4.62. The fourth-order valence-corrected chi connectivity index (χ4v) is 1.36. The van der Waals surface area contributed by atoms with Gasteiger partial charge in [-0.15, -0.1) is 0 Å². The molecule has 0 unspecified atom stereocenters. The Kier molecular flexibility index (Phi) is 3.78. The molecule has 0 aromatic carbocycles. The number of hydrogen-bond donors (Lipinski definition) is 1. The van der Waals surface area contributed by atoms with E-state index in [0.717, 1.165) is 0 Å². The Morgan fingerprint density at radius 1 is 1.43 bits per heavy atom. The van der Waals surface area contributed by atoms with Crippen LogP contribution in [0.1, 0.15) is 6.92 Å². The fourth-order valence-electron chi connectivity index (χ4n) is 1.36. The first-order valence-electron chi connectivity index (χ1n) is 4.44. The molecule has 1 fully saturated rings. The smallest absolute Gasteiger partial charge is 0.376 e. The van der Waals surface area contributed by atoms with Gasteiger partial charge in [0.05, 0.1) is 12.0 Å². The maximum absolute atomic E-state index is 11.8. The zero-order valence-electron chi connectivity index (χ0n) is 7.82. The molecular weight excluding hydrogens is 195 g/mol. The highest BCUT2D eigenvalue weighted by Gasteiger charge is 2.28. The number of hydrogen-bond acceptors (Lipinski definition) is 2. The summed E-state index contributed by atoms with van der Waals surface area (Å²) in [5.41, 5.74) is 0. The van der Waals surface area contributed by atoms with E-state index in [9.17, 15) is 13.2 Å². The van der Waals surface area contributed by atoms with Crippen LogP contribution in [-0.4, -0.2) is 32.0 Å². The highest BCUT2D eigenvalue weighted by atomic mass is 19.4. The van der Waals surface area contributed by atoms with Gasteiger partial charge in [0.1, 0.15) is 0 Å². The maximum Gasteiger partial charge on any atom is 0.457 e. The lowest BCUT2D eigenvalue weighted by Crippen LogP contribution is -2.22. The lowest BCUT2D eigenvalue weighted by atomic mass is 10.1. The van der Waals surface area contributed by atoms with Gasteiger partial charge in [-0.2, -0.15) is 13.2 Å². The molecule has 2 nitrogen and oxygen atoms in total. The van der Waals surface area contributed by atoms with Crippen LogP contribution < -0.4 is 5.32 Å². The van der Waals surface area contributed by atoms with Crippen LogP contribution >= 0.6 is 0 Å². The topological polar surface area (TPSA) is 21.3 Å². The monoisotopic (exact) mass is 207 g/mol. The summed E-state index contributed by atoms with van der Waals surface area (Å²) in [5.74, 6) is 3.13. The molecule has 0 aliphatic carbocycles. The Hall–Kier alpha value is -0.730. The van der Waals surface area contributed by atoms with Crippen LogP contribution in [0.2, 0.25) is 0 Å². The van der Waals surface area contributed by atoms with E-state index in [4.69, 9.17) is 4.74 Å². The normalized spacial score (nSPS) is 27.1. The van der Waals surface area contributed by atoms with Crippen molar-refractivity contribution in [1.82, 2.24) is 5.32 Å². The summed E-state index contributed by atoms with van der Waals surface area (Å²) < 4.78 is 40.6. The van der Waals surface area contributed by atoms with Gasteiger partial charge >= 0.3 is 6.18 Å². The largest absolute Gasteiger partial charge is 0.457 e. The van der Waals surface area contributed by atoms with Crippen molar-refractivity contribution in [3.63, 3.8) is 0 Å². The zero-order valence-corrected chi connectivity index (χ0v) is 7.82. The number of alkyl halides is 3.